The molecule has 0 aliphatic carbocycles. The third kappa shape index (κ3) is 3.58. The lowest BCUT2D eigenvalue weighted by atomic mass is 10.0. The molecule has 1 saturated heterocycles. The Bertz CT molecular complexity index is 444. The minimum atomic E-state index is -0.0769. The molecular weight excluding hydrogens is 254 g/mol. The van der Waals surface area contributed by atoms with E-state index in [1.165, 1.54) is 5.56 Å². The van der Waals surface area contributed by atoms with Crippen molar-refractivity contribution in [2.75, 3.05) is 19.8 Å². The van der Waals surface area contributed by atoms with Crippen LogP contribution in [-0.4, -0.2) is 41.8 Å². The molecule has 1 amide bonds. The Morgan fingerprint density at radius 3 is 2.65 bits per heavy atom. The smallest absolute Gasteiger partial charge is 0.228 e. The van der Waals surface area contributed by atoms with Crippen LogP contribution in [0.1, 0.15) is 24.5 Å². The summed E-state index contributed by atoms with van der Waals surface area (Å²) in [4.78, 5) is 14.3. The molecular formula is C16H23NO3. The van der Waals surface area contributed by atoms with Crippen molar-refractivity contribution in [2.24, 2.45) is 5.92 Å². The molecule has 1 aromatic carbocycles. The van der Waals surface area contributed by atoms with Gasteiger partial charge in [-0.05, 0) is 25.8 Å². The SMILES string of the molecule is Cc1ccc(CN(CCO)C(=O)[C@@H]2CCO[C@@H]2C)cc1. The van der Waals surface area contributed by atoms with Gasteiger partial charge in [0, 0.05) is 19.7 Å². The number of aryl methyl sites for hydroxylation is 1. The minimum absolute atomic E-state index is 0.0143. The maximum atomic E-state index is 12.6. The Morgan fingerprint density at radius 2 is 2.10 bits per heavy atom. The van der Waals surface area contributed by atoms with Gasteiger partial charge >= 0.3 is 0 Å². The van der Waals surface area contributed by atoms with Crippen LogP contribution in [0.25, 0.3) is 0 Å². The fourth-order valence-electron chi connectivity index (χ4n) is 2.59. The van der Waals surface area contributed by atoms with Crippen molar-refractivity contribution in [1.82, 2.24) is 4.90 Å². The number of hydrogen-bond donors (Lipinski definition) is 1. The van der Waals surface area contributed by atoms with Crippen molar-refractivity contribution >= 4 is 5.91 Å². The normalized spacial score (nSPS) is 21.9. The van der Waals surface area contributed by atoms with E-state index in [-0.39, 0.29) is 24.5 Å². The number of aliphatic hydroxyl groups is 1. The van der Waals surface area contributed by atoms with E-state index in [0.29, 0.717) is 19.7 Å². The number of ether oxygens (including phenoxy) is 1. The van der Waals surface area contributed by atoms with Crippen LogP contribution in [0.2, 0.25) is 0 Å². The molecule has 1 N–H and O–H groups in total. The molecule has 4 nitrogen and oxygen atoms in total. The Labute approximate surface area is 120 Å². The molecule has 4 heteroatoms. The molecule has 1 fully saturated rings. The fourth-order valence-corrected chi connectivity index (χ4v) is 2.59. The van der Waals surface area contributed by atoms with E-state index in [1.807, 2.05) is 38.1 Å². The first-order valence-corrected chi connectivity index (χ1v) is 7.18. The van der Waals surface area contributed by atoms with Gasteiger partial charge in [0.1, 0.15) is 0 Å². The second-order valence-corrected chi connectivity index (χ2v) is 5.44. The van der Waals surface area contributed by atoms with Gasteiger partial charge in [-0.3, -0.25) is 4.79 Å². The average molecular weight is 277 g/mol. The maximum Gasteiger partial charge on any atom is 0.228 e. The number of nitrogens with zero attached hydrogens (tertiary/aromatic N) is 1. The van der Waals surface area contributed by atoms with Crippen LogP contribution in [0.3, 0.4) is 0 Å². The third-order valence-corrected chi connectivity index (χ3v) is 3.87. The van der Waals surface area contributed by atoms with Gasteiger partial charge in [-0.15, -0.1) is 0 Å². The molecule has 20 heavy (non-hydrogen) atoms. The highest BCUT2D eigenvalue weighted by Crippen LogP contribution is 2.23. The van der Waals surface area contributed by atoms with Gasteiger partial charge in [0.2, 0.25) is 5.91 Å². The molecule has 2 atom stereocenters. The number of hydrogen-bond acceptors (Lipinski definition) is 3. The van der Waals surface area contributed by atoms with Gasteiger partial charge in [-0.1, -0.05) is 29.8 Å². The maximum absolute atomic E-state index is 12.6. The molecule has 0 unspecified atom stereocenters. The van der Waals surface area contributed by atoms with Crippen molar-refractivity contribution in [3.05, 3.63) is 35.4 Å². The number of benzene rings is 1. The summed E-state index contributed by atoms with van der Waals surface area (Å²) in [6.45, 7) is 5.53. The van der Waals surface area contributed by atoms with Gasteiger partial charge in [0.05, 0.1) is 18.6 Å². The largest absolute Gasteiger partial charge is 0.395 e. The highest BCUT2D eigenvalue weighted by atomic mass is 16.5. The standard InChI is InChI=1S/C16H23NO3/c1-12-3-5-14(6-4-12)11-17(8-9-18)16(19)15-7-10-20-13(15)2/h3-6,13,15,18H,7-11H2,1-2H3/t13-,15-/m1/s1. The zero-order valence-electron chi connectivity index (χ0n) is 12.2. The van der Waals surface area contributed by atoms with Crippen LogP contribution in [0.5, 0.6) is 0 Å². The first kappa shape index (κ1) is 15.0. The molecule has 0 saturated carbocycles. The summed E-state index contributed by atoms with van der Waals surface area (Å²) in [6.07, 6.45) is 0.747. The van der Waals surface area contributed by atoms with E-state index in [1.54, 1.807) is 4.90 Å². The molecule has 1 aliphatic heterocycles. The van der Waals surface area contributed by atoms with Gasteiger partial charge in [-0.25, -0.2) is 0 Å². The summed E-state index contributed by atoms with van der Waals surface area (Å²) in [5, 5.41) is 9.19. The summed E-state index contributed by atoms with van der Waals surface area (Å²) in [6, 6.07) is 8.14. The third-order valence-electron chi connectivity index (χ3n) is 3.87. The highest BCUT2D eigenvalue weighted by molar-refractivity contribution is 5.79. The molecule has 1 heterocycles. The van der Waals surface area contributed by atoms with E-state index in [0.717, 1.165) is 12.0 Å². The number of amides is 1. The van der Waals surface area contributed by atoms with Gasteiger partial charge < -0.3 is 14.7 Å². The van der Waals surface area contributed by atoms with Crippen LogP contribution in [0.4, 0.5) is 0 Å². The van der Waals surface area contributed by atoms with E-state index < -0.39 is 0 Å². The second kappa shape index (κ2) is 6.86. The van der Waals surface area contributed by atoms with Crippen LogP contribution in [-0.2, 0) is 16.1 Å². The molecule has 1 aromatic rings. The number of aliphatic hydroxyl groups excluding tert-OH is 1. The van der Waals surface area contributed by atoms with Crippen LogP contribution in [0.15, 0.2) is 24.3 Å². The van der Waals surface area contributed by atoms with Crippen molar-refractivity contribution in [2.45, 2.75) is 32.9 Å². The van der Waals surface area contributed by atoms with Crippen molar-refractivity contribution in [3.63, 3.8) is 0 Å². The lowest BCUT2D eigenvalue weighted by Crippen LogP contribution is -2.39. The number of rotatable bonds is 5. The summed E-state index contributed by atoms with van der Waals surface area (Å²) >= 11 is 0. The fraction of sp³-hybridized carbons (Fsp3) is 0.562. The molecule has 0 radical (unpaired) electrons. The van der Waals surface area contributed by atoms with E-state index in [9.17, 15) is 9.90 Å². The molecule has 1 aliphatic rings. The molecule has 110 valence electrons. The Morgan fingerprint density at radius 1 is 1.40 bits per heavy atom. The van der Waals surface area contributed by atoms with E-state index >= 15 is 0 Å². The predicted octanol–water partition coefficient (Wildman–Crippen LogP) is 1.74. The summed E-state index contributed by atoms with van der Waals surface area (Å²) in [5.41, 5.74) is 2.29. The Hall–Kier alpha value is -1.39. The summed E-state index contributed by atoms with van der Waals surface area (Å²) in [5.74, 6) is 0.0108. The minimum Gasteiger partial charge on any atom is -0.395 e. The number of carbonyl (C=O) groups is 1. The van der Waals surface area contributed by atoms with Crippen molar-refractivity contribution < 1.29 is 14.6 Å². The summed E-state index contributed by atoms with van der Waals surface area (Å²) < 4.78 is 5.47. The first-order valence-electron chi connectivity index (χ1n) is 7.18. The monoisotopic (exact) mass is 277 g/mol. The van der Waals surface area contributed by atoms with Crippen molar-refractivity contribution in [3.8, 4) is 0 Å². The topological polar surface area (TPSA) is 49.8 Å². The zero-order chi connectivity index (χ0) is 14.5. The van der Waals surface area contributed by atoms with Crippen LogP contribution in [0, 0.1) is 12.8 Å². The predicted molar refractivity (Wildman–Crippen MR) is 77.2 cm³/mol. The van der Waals surface area contributed by atoms with E-state index in [2.05, 4.69) is 0 Å². The van der Waals surface area contributed by atoms with Crippen LogP contribution >= 0.6 is 0 Å². The van der Waals surface area contributed by atoms with E-state index in [4.69, 9.17) is 4.74 Å². The van der Waals surface area contributed by atoms with Gasteiger partial charge in [-0.2, -0.15) is 0 Å². The Balaban J connectivity index is 2.06. The van der Waals surface area contributed by atoms with Gasteiger partial charge in [0.15, 0.2) is 0 Å². The molecule has 2 rings (SSSR count). The van der Waals surface area contributed by atoms with Crippen LogP contribution < -0.4 is 0 Å². The zero-order valence-corrected chi connectivity index (χ0v) is 12.2. The molecule has 0 bridgehead atoms. The van der Waals surface area contributed by atoms with Crippen molar-refractivity contribution in [1.29, 1.82) is 0 Å². The lowest BCUT2D eigenvalue weighted by molar-refractivity contribution is -0.138. The quantitative estimate of drug-likeness (QED) is 0.892. The first-order chi connectivity index (χ1) is 9.61. The Kier molecular flexibility index (Phi) is 5.15. The average Bonchev–Trinajstić information content (AvgIpc) is 2.86. The summed E-state index contributed by atoms with van der Waals surface area (Å²) in [7, 11) is 0. The number of carbonyl (C=O) groups excluding carboxylic acids is 1. The van der Waals surface area contributed by atoms with Gasteiger partial charge in [0.25, 0.3) is 0 Å². The highest BCUT2D eigenvalue weighted by Gasteiger charge is 2.33. The molecule has 0 aromatic heterocycles. The molecule has 0 spiro atoms. The second-order valence-electron chi connectivity index (χ2n) is 5.44. The lowest BCUT2D eigenvalue weighted by Gasteiger charge is -2.26.